The number of nitrogens with one attached hydrogen (secondary N) is 2. The number of primary amides is 1. The Bertz CT molecular complexity index is 1260. The summed E-state index contributed by atoms with van der Waals surface area (Å²) in [5.74, 6) is -1.75. The first kappa shape index (κ1) is 22.0. The molecule has 12 heteroatoms. The van der Waals surface area contributed by atoms with E-state index in [-0.39, 0.29) is 30.3 Å². The molecule has 0 radical (unpaired) electrons. The summed E-state index contributed by atoms with van der Waals surface area (Å²) in [6.45, 7) is 1.88. The summed E-state index contributed by atoms with van der Waals surface area (Å²) >= 11 is 0. The van der Waals surface area contributed by atoms with E-state index in [4.69, 9.17) is 17.0 Å². The third kappa shape index (κ3) is 4.73. The summed E-state index contributed by atoms with van der Waals surface area (Å²) in [6.07, 6.45) is 2.89. The summed E-state index contributed by atoms with van der Waals surface area (Å²) in [6, 6.07) is 8.74. The van der Waals surface area contributed by atoms with Gasteiger partial charge in [-0.05, 0) is 24.6 Å². The monoisotopic (exact) mass is 434 g/mol. The highest BCUT2D eigenvalue weighted by atomic mass is 19.1. The Balaban J connectivity index is 1.90. The van der Waals surface area contributed by atoms with Crippen molar-refractivity contribution in [3.63, 3.8) is 0 Å². The molecule has 3 aromatic rings. The summed E-state index contributed by atoms with van der Waals surface area (Å²) in [5.41, 5.74) is 20.1. The molecule has 0 atom stereocenters. The fourth-order valence-electron chi connectivity index (χ4n) is 2.91. The molecule has 0 bridgehead atoms. The molecular formula is C20H19FN10O. The van der Waals surface area contributed by atoms with E-state index in [1.807, 2.05) is 0 Å². The van der Waals surface area contributed by atoms with E-state index in [0.717, 1.165) is 0 Å². The molecule has 6 N–H and O–H groups in total. The number of anilines is 1. The van der Waals surface area contributed by atoms with Crippen LogP contribution in [0.25, 0.3) is 17.1 Å². The van der Waals surface area contributed by atoms with Crippen LogP contribution in [0.5, 0.6) is 0 Å². The third-order valence-corrected chi connectivity index (χ3v) is 4.47. The van der Waals surface area contributed by atoms with E-state index in [1.165, 1.54) is 10.9 Å². The molecule has 1 amide bonds. The lowest BCUT2D eigenvalue weighted by atomic mass is 10.0. The summed E-state index contributed by atoms with van der Waals surface area (Å²) < 4.78 is 16.1. The Labute approximate surface area is 182 Å². The fraction of sp³-hybridized carbons (Fsp3) is 0.150. The van der Waals surface area contributed by atoms with E-state index in [9.17, 15) is 14.4 Å². The van der Waals surface area contributed by atoms with Crippen molar-refractivity contribution >= 4 is 17.4 Å². The SMILES string of the molecule is Cc1c(C#N)cccc1-c1nc(N)c(F)c(/C(=C/NCc2ccn(CC(N)=O)n2)N=N)n1. The molecule has 162 valence electrons. The second kappa shape index (κ2) is 9.43. The molecule has 0 spiro atoms. The van der Waals surface area contributed by atoms with Crippen LogP contribution in [0.2, 0.25) is 0 Å². The molecule has 0 saturated heterocycles. The maximum Gasteiger partial charge on any atom is 0.239 e. The average molecular weight is 434 g/mol. The Hall–Kier alpha value is -4.66. The van der Waals surface area contributed by atoms with Crippen molar-refractivity contribution in [2.45, 2.75) is 20.0 Å². The van der Waals surface area contributed by atoms with Crippen LogP contribution in [0.4, 0.5) is 10.2 Å². The Morgan fingerprint density at radius 1 is 1.41 bits per heavy atom. The van der Waals surface area contributed by atoms with Crippen LogP contribution in [0.3, 0.4) is 0 Å². The molecule has 11 nitrogen and oxygen atoms in total. The van der Waals surface area contributed by atoms with Crippen molar-refractivity contribution in [1.29, 1.82) is 10.8 Å². The standard InChI is InChI=1S/C20H19FN10O/c1-11-12(7-22)3-2-4-14(11)20-27-18(17(21)19(24)28-20)15(29-25)9-26-8-13-5-6-31(30-13)10-16(23)32/h2-6,9,25-26H,8,10H2,1H3,(H2,23,32)(H2,24,27,28)/b15-9-,29-25?. The second-order valence-electron chi connectivity index (χ2n) is 6.68. The predicted octanol–water partition coefficient (Wildman–Crippen LogP) is 1.85. The largest absolute Gasteiger partial charge is 0.383 e. The van der Waals surface area contributed by atoms with Gasteiger partial charge in [0.05, 0.1) is 23.9 Å². The number of carbonyl (C=O) groups excluding carboxylic acids is 1. The van der Waals surface area contributed by atoms with Gasteiger partial charge in [0.25, 0.3) is 0 Å². The lowest BCUT2D eigenvalue weighted by Gasteiger charge is -2.10. The topological polar surface area (TPSA) is 185 Å². The smallest absolute Gasteiger partial charge is 0.239 e. The van der Waals surface area contributed by atoms with Crippen LogP contribution in [0.1, 0.15) is 22.5 Å². The van der Waals surface area contributed by atoms with Crippen molar-refractivity contribution in [2.24, 2.45) is 10.8 Å². The molecule has 0 unspecified atom stereocenters. The molecule has 32 heavy (non-hydrogen) atoms. The number of halogens is 1. The number of benzene rings is 1. The van der Waals surface area contributed by atoms with E-state index >= 15 is 0 Å². The zero-order valence-electron chi connectivity index (χ0n) is 17.0. The molecule has 0 aliphatic heterocycles. The molecule has 2 heterocycles. The normalized spacial score (nSPS) is 11.1. The van der Waals surface area contributed by atoms with Crippen LogP contribution in [0, 0.1) is 29.6 Å². The van der Waals surface area contributed by atoms with Gasteiger partial charge < -0.3 is 16.8 Å². The first-order valence-electron chi connectivity index (χ1n) is 9.29. The zero-order chi connectivity index (χ0) is 23.3. The maximum absolute atomic E-state index is 14.7. The number of nitrogens with two attached hydrogens (primary N) is 2. The van der Waals surface area contributed by atoms with E-state index < -0.39 is 17.5 Å². The minimum Gasteiger partial charge on any atom is -0.383 e. The van der Waals surface area contributed by atoms with Crippen molar-refractivity contribution in [1.82, 2.24) is 25.1 Å². The highest BCUT2D eigenvalue weighted by Gasteiger charge is 2.19. The number of aromatic nitrogens is 4. The molecule has 3 rings (SSSR count). The molecule has 0 saturated carbocycles. The Kier molecular flexibility index (Phi) is 6.50. The van der Waals surface area contributed by atoms with Crippen LogP contribution in [-0.2, 0) is 17.9 Å². The van der Waals surface area contributed by atoms with Crippen molar-refractivity contribution in [3.05, 3.63) is 65.0 Å². The Morgan fingerprint density at radius 2 is 2.19 bits per heavy atom. The number of nitrogen functional groups attached to an aromatic ring is 1. The maximum atomic E-state index is 14.7. The summed E-state index contributed by atoms with van der Waals surface area (Å²) in [5, 5.41) is 19.6. The molecule has 0 aliphatic carbocycles. The van der Waals surface area contributed by atoms with E-state index in [2.05, 4.69) is 31.6 Å². The fourth-order valence-corrected chi connectivity index (χ4v) is 2.91. The minimum atomic E-state index is -0.919. The van der Waals surface area contributed by atoms with Crippen LogP contribution < -0.4 is 16.8 Å². The van der Waals surface area contributed by atoms with Gasteiger partial charge in [0.15, 0.2) is 17.5 Å². The number of nitrogens with zero attached hydrogens (tertiary/aromatic N) is 6. The molecular weight excluding hydrogens is 415 g/mol. The first-order valence-corrected chi connectivity index (χ1v) is 9.29. The van der Waals surface area contributed by atoms with Crippen molar-refractivity contribution in [2.75, 3.05) is 5.73 Å². The number of hydrogen-bond donors (Lipinski definition) is 4. The lowest BCUT2D eigenvalue weighted by Crippen LogP contribution is -2.19. The second-order valence-corrected chi connectivity index (χ2v) is 6.68. The lowest BCUT2D eigenvalue weighted by molar-refractivity contribution is -0.118. The third-order valence-electron chi connectivity index (χ3n) is 4.47. The van der Waals surface area contributed by atoms with Gasteiger partial charge in [0.1, 0.15) is 17.9 Å². The summed E-state index contributed by atoms with van der Waals surface area (Å²) in [7, 11) is 0. The average Bonchev–Trinajstić information content (AvgIpc) is 3.20. The van der Waals surface area contributed by atoms with Gasteiger partial charge >= 0.3 is 0 Å². The first-order chi connectivity index (χ1) is 15.3. The Morgan fingerprint density at radius 3 is 2.88 bits per heavy atom. The quantitative estimate of drug-likeness (QED) is 0.389. The highest BCUT2D eigenvalue weighted by molar-refractivity contribution is 5.73. The molecule has 0 aliphatic rings. The number of amides is 1. The van der Waals surface area contributed by atoms with Gasteiger partial charge in [-0.3, -0.25) is 9.48 Å². The van der Waals surface area contributed by atoms with Crippen LogP contribution in [-0.4, -0.2) is 25.7 Å². The van der Waals surface area contributed by atoms with Gasteiger partial charge in [-0.25, -0.2) is 19.9 Å². The minimum absolute atomic E-state index is 0.0518. The number of nitriles is 1. The summed E-state index contributed by atoms with van der Waals surface area (Å²) in [4.78, 5) is 19.1. The van der Waals surface area contributed by atoms with Gasteiger partial charge in [0.2, 0.25) is 5.91 Å². The van der Waals surface area contributed by atoms with E-state index in [1.54, 1.807) is 37.4 Å². The number of hydrogen-bond acceptors (Lipinski definition) is 9. The molecule has 2 aromatic heterocycles. The molecule has 0 fully saturated rings. The van der Waals surface area contributed by atoms with Gasteiger partial charge in [-0.2, -0.15) is 15.5 Å². The zero-order valence-corrected chi connectivity index (χ0v) is 17.0. The van der Waals surface area contributed by atoms with Crippen LogP contribution in [0.15, 0.2) is 41.8 Å². The predicted molar refractivity (Wildman–Crippen MR) is 113 cm³/mol. The van der Waals surface area contributed by atoms with Gasteiger partial charge in [0, 0.05) is 18.0 Å². The van der Waals surface area contributed by atoms with Crippen molar-refractivity contribution < 1.29 is 9.18 Å². The van der Waals surface area contributed by atoms with Gasteiger partial charge in [-0.1, -0.05) is 12.1 Å². The van der Waals surface area contributed by atoms with Crippen LogP contribution >= 0.6 is 0 Å². The highest BCUT2D eigenvalue weighted by Crippen LogP contribution is 2.27. The number of rotatable bonds is 8. The van der Waals surface area contributed by atoms with Crippen molar-refractivity contribution in [3.8, 4) is 17.5 Å². The molecule has 1 aromatic carbocycles. The van der Waals surface area contributed by atoms with Gasteiger partial charge in [-0.15, -0.1) is 0 Å². The number of carbonyl (C=O) groups is 1. The van der Waals surface area contributed by atoms with E-state index in [0.29, 0.717) is 22.4 Å².